The van der Waals surface area contributed by atoms with Crippen LogP contribution in [0.25, 0.3) is 0 Å². The smallest absolute Gasteiger partial charge is 0.272 e. The van der Waals surface area contributed by atoms with E-state index >= 15 is 0 Å². The molecule has 1 amide bonds. The Bertz CT molecular complexity index is 995. The number of benzene rings is 2. The molecule has 1 aliphatic carbocycles. The van der Waals surface area contributed by atoms with Crippen LogP contribution < -0.4 is 10.9 Å². The number of nitrogens with one attached hydrogen (secondary N) is 1. The van der Waals surface area contributed by atoms with Gasteiger partial charge in [-0.05, 0) is 35.6 Å². The molecule has 0 radical (unpaired) electrons. The van der Waals surface area contributed by atoms with E-state index in [0.717, 1.165) is 18.4 Å². The molecule has 130 valence electrons. The lowest BCUT2D eigenvalue weighted by molar-refractivity contribution is 0.0929. The maximum atomic E-state index is 12.6. The van der Waals surface area contributed by atoms with Crippen LogP contribution in [0.5, 0.6) is 0 Å². The number of aromatic nitrogens is 2. The third-order valence-electron chi connectivity index (χ3n) is 4.71. The van der Waals surface area contributed by atoms with Gasteiger partial charge in [-0.15, -0.1) is 0 Å². The summed E-state index contributed by atoms with van der Waals surface area (Å²) in [5, 5.41) is 7.30. The normalized spacial score (nSPS) is 15.5. The van der Waals surface area contributed by atoms with Crippen molar-refractivity contribution < 1.29 is 4.79 Å². The van der Waals surface area contributed by atoms with Gasteiger partial charge in [0.1, 0.15) is 5.69 Å². The molecular formula is C21H19N3O2. The van der Waals surface area contributed by atoms with Crippen LogP contribution in [-0.2, 0) is 13.0 Å². The summed E-state index contributed by atoms with van der Waals surface area (Å²) in [6.45, 7) is 0.340. The van der Waals surface area contributed by atoms with Crippen molar-refractivity contribution >= 4 is 5.91 Å². The lowest BCUT2D eigenvalue weighted by atomic mass is 10.1. The summed E-state index contributed by atoms with van der Waals surface area (Å²) in [5.41, 5.74) is 3.43. The number of nitrogens with zero attached hydrogens (tertiary/aromatic N) is 2. The number of carbonyl (C=O) groups is 1. The van der Waals surface area contributed by atoms with E-state index < -0.39 is 0 Å². The number of fused-ring (bicyclic) bond motifs is 1. The molecule has 0 aliphatic heterocycles. The molecule has 1 heterocycles. The van der Waals surface area contributed by atoms with Gasteiger partial charge in [0.15, 0.2) is 0 Å². The van der Waals surface area contributed by atoms with Crippen molar-refractivity contribution in [1.29, 1.82) is 0 Å². The molecule has 0 saturated heterocycles. The summed E-state index contributed by atoms with van der Waals surface area (Å²) in [5.74, 6) is -0.256. The Hall–Kier alpha value is -3.21. The maximum absolute atomic E-state index is 12.6. The summed E-state index contributed by atoms with van der Waals surface area (Å²) in [7, 11) is 0. The predicted molar refractivity (Wildman–Crippen MR) is 99.0 cm³/mol. The first kappa shape index (κ1) is 16.3. The van der Waals surface area contributed by atoms with Crippen molar-refractivity contribution in [3.8, 4) is 0 Å². The predicted octanol–water partition coefficient (Wildman–Crippen LogP) is 2.71. The van der Waals surface area contributed by atoms with Crippen LogP contribution in [0.3, 0.4) is 0 Å². The SMILES string of the molecule is O=C(N[C@H]1CCc2ccccc21)c1ccc(=O)n(Cc2ccccc2)n1. The quantitative estimate of drug-likeness (QED) is 0.791. The molecular weight excluding hydrogens is 326 g/mol. The summed E-state index contributed by atoms with van der Waals surface area (Å²) in [6, 6.07) is 20.6. The Morgan fingerprint density at radius 3 is 2.65 bits per heavy atom. The van der Waals surface area contributed by atoms with Crippen LogP contribution in [0.1, 0.15) is 39.6 Å². The Morgan fingerprint density at radius 1 is 1.04 bits per heavy atom. The second kappa shape index (κ2) is 6.96. The van der Waals surface area contributed by atoms with Crippen LogP contribution in [0.2, 0.25) is 0 Å². The second-order valence-electron chi connectivity index (χ2n) is 6.46. The van der Waals surface area contributed by atoms with E-state index in [0.29, 0.717) is 6.54 Å². The zero-order valence-electron chi connectivity index (χ0n) is 14.3. The maximum Gasteiger partial charge on any atom is 0.272 e. The molecule has 2 aromatic carbocycles. The van der Waals surface area contributed by atoms with Crippen molar-refractivity contribution in [2.45, 2.75) is 25.4 Å². The van der Waals surface area contributed by atoms with Gasteiger partial charge in [0, 0.05) is 6.07 Å². The van der Waals surface area contributed by atoms with Gasteiger partial charge in [0.05, 0.1) is 12.6 Å². The number of aryl methyl sites for hydroxylation is 1. The van der Waals surface area contributed by atoms with Crippen molar-refractivity contribution in [2.24, 2.45) is 0 Å². The van der Waals surface area contributed by atoms with Crippen LogP contribution in [0.15, 0.2) is 71.5 Å². The minimum absolute atomic E-state index is 0.00463. The standard InChI is InChI=1S/C21H19N3O2/c25-20-13-12-19(23-24(20)14-15-6-2-1-3-7-15)21(26)22-18-11-10-16-8-4-5-9-17(16)18/h1-9,12-13,18H,10-11,14H2,(H,22,26)/t18-/m0/s1. The van der Waals surface area contributed by atoms with E-state index in [1.165, 1.54) is 27.9 Å². The topological polar surface area (TPSA) is 64.0 Å². The van der Waals surface area contributed by atoms with Crippen LogP contribution in [0, 0.1) is 0 Å². The highest BCUT2D eigenvalue weighted by Crippen LogP contribution is 2.30. The third-order valence-corrected chi connectivity index (χ3v) is 4.71. The van der Waals surface area contributed by atoms with Gasteiger partial charge in [-0.25, -0.2) is 4.68 Å². The minimum Gasteiger partial charge on any atom is -0.344 e. The van der Waals surface area contributed by atoms with Gasteiger partial charge < -0.3 is 5.32 Å². The zero-order valence-corrected chi connectivity index (χ0v) is 14.3. The molecule has 3 aromatic rings. The summed E-state index contributed by atoms with van der Waals surface area (Å²) in [6.07, 6.45) is 1.84. The minimum atomic E-state index is -0.256. The first-order valence-corrected chi connectivity index (χ1v) is 8.71. The molecule has 1 aliphatic rings. The molecule has 1 aromatic heterocycles. The lowest BCUT2D eigenvalue weighted by Crippen LogP contribution is -2.31. The Labute approximate surface area is 151 Å². The highest BCUT2D eigenvalue weighted by atomic mass is 16.2. The molecule has 0 bridgehead atoms. The molecule has 1 N–H and O–H groups in total. The summed E-state index contributed by atoms with van der Waals surface area (Å²) < 4.78 is 1.33. The molecule has 5 nitrogen and oxygen atoms in total. The van der Waals surface area contributed by atoms with Gasteiger partial charge in [-0.1, -0.05) is 54.6 Å². The summed E-state index contributed by atoms with van der Waals surface area (Å²) >= 11 is 0. The average Bonchev–Trinajstić information content (AvgIpc) is 3.07. The fourth-order valence-electron chi connectivity index (χ4n) is 3.38. The average molecular weight is 345 g/mol. The number of hydrogen-bond donors (Lipinski definition) is 1. The van der Waals surface area contributed by atoms with Crippen LogP contribution >= 0.6 is 0 Å². The highest BCUT2D eigenvalue weighted by molar-refractivity contribution is 5.92. The first-order valence-electron chi connectivity index (χ1n) is 8.71. The monoisotopic (exact) mass is 345 g/mol. The molecule has 1 atom stereocenters. The number of amides is 1. The molecule has 5 heteroatoms. The van der Waals surface area contributed by atoms with Crippen molar-refractivity contribution in [3.63, 3.8) is 0 Å². The number of carbonyl (C=O) groups excluding carboxylic acids is 1. The first-order chi connectivity index (χ1) is 12.7. The van der Waals surface area contributed by atoms with Crippen LogP contribution in [0.4, 0.5) is 0 Å². The fraction of sp³-hybridized carbons (Fsp3) is 0.190. The summed E-state index contributed by atoms with van der Waals surface area (Å²) in [4.78, 5) is 24.7. The van der Waals surface area contributed by atoms with Gasteiger partial charge >= 0.3 is 0 Å². The Morgan fingerprint density at radius 2 is 1.81 bits per heavy atom. The van der Waals surface area contributed by atoms with E-state index in [4.69, 9.17) is 0 Å². The largest absolute Gasteiger partial charge is 0.344 e. The third kappa shape index (κ3) is 3.28. The van der Waals surface area contributed by atoms with Gasteiger partial charge in [0.25, 0.3) is 11.5 Å². The van der Waals surface area contributed by atoms with Gasteiger partial charge in [-0.3, -0.25) is 9.59 Å². The van der Waals surface area contributed by atoms with Gasteiger partial charge in [0.2, 0.25) is 0 Å². The fourth-order valence-corrected chi connectivity index (χ4v) is 3.38. The van der Waals surface area contributed by atoms with Crippen LogP contribution in [-0.4, -0.2) is 15.7 Å². The molecule has 4 rings (SSSR count). The van der Waals surface area contributed by atoms with Crippen molar-refractivity contribution in [3.05, 3.63) is 99.5 Å². The van der Waals surface area contributed by atoms with E-state index in [1.54, 1.807) is 0 Å². The zero-order chi connectivity index (χ0) is 17.9. The van der Waals surface area contributed by atoms with E-state index in [9.17, 15) is 9.59 Å². The molecule has 0 unspecified atom stereocenters. The van der Waals surface area contributed by atoms with E-state index in [-0.39, 0.29) is 23.2 Å². The second-order valence-corrected chi connectivity index (χ2v) is 6.46. The van der Waals surface area contributed by atoms with Crippen molar-refractivity contribution in [2.75, 3.05) is 0 Å². The highest BCUT2D eigenvalue weighted by Gasteiger charge is 2.24. The van der Waals surface area contributed by atoms with Gasteiger partial charge in [-0.2, -0.15) is 5.10 Å². The molecule has 0 fully saturated rings. The van der Waals surface area contributed by atoms with E-state index in [2.05, 4.69) is 22.5 Å². The number of hydrogen-bond acceptors (Lipinski definition) is 3. The van der Waals surface area contributed by atoms with Crippen molar-refractivity contribution in [1.82, 2.24) is 15.1 Å². The molecule has 0 spiro atoms. The Balaban J connectivity index is 1.54. The lowest BCUT2D eigenvalue weighted by Gasteiger charge is -2.14. The molecule has 0 saturated carbocycles. The molecule has 26 heavy (non-hydrogen) atoms. The van der Waals surface area contributed by atoms with E-state index in [1.807, 2.05) is 42.5 Å². The number of rotatable bonds is 4. The Kier molecular flexibility index (Phi) is 4.35.